The highest BCUT2D eigenvalue weighted by Crippen LogP contribution is 2.03. The number of nitrogens with zero attached hydrogens (tertiary/aromatic N) is 3. The molecule has 0 aliphatic heterocycles. The third kappa shape index (κ3) is 3.53. The van der Waals surface area contributed by atoms with Gasteiger partial charge >= 0.3 is 0 Å². The number of hydrogen-bond acceptors (Lipinski definition) is 5. The molecule has 0 radical (unpaired) electrons. The zero-order valence-corrected chi connectivity index (χ0v) is 9.24. The number of carbonyl (C=O) groups excluding carboxylic acids is 1. The van der Waals surface area contributed by atoms with E-state index in [9.17, 15) is 4.79 Å². The lowest BCUT2D eigenvalue weighted by Gasteiger charge is -2.05. The Morgan fingerprint density at radius 3 is 2.94 bits per heavy atom. The fourth-order valence-corrected chi connectivity index (χ4v) is 1.12. The van der Waals surface area contributed by atoms with E-state index >= 15 is 0 Å². The van der Waals surface area contributed by atoms with Crippen molar-refractivity contribution in [3.63, 3.8) is 0 Å². The SMILES string of the molecule is CCNC(=O)CNc1nc(C)cc(C#N)n1. The molecule has 0 saturated carbocycles. The molecule has 1 amide bonds. The minimum absolute atomic E-state index is 0.0994. The van der Waals surface area contributed by atoms with Gasteiger partial charge in [-0.1, -0.05) is 0 Å². The monoisotopic (exact) mass is 219 g/mol. The van der Waals surface area contributed by atoms with E-state index in [4.69, 9.17) is 5.26 Å². The van der Waals surface area contributed by atoms with E-state index in [1.807, 2.05) is 13.0 Å². The second-order valence-electron chi connectivity index (χ2n) is 3.14. The summed E-state index contributed by atoms with van der Waals surface area (Å²) in [5.74, 6) is 0.161. The topological polar surface area (TPSA) is 90.7 Å². The Morgan fingerprint density at radius 1 is 1.56 bits per heavy atom. The summed E-state index contributed by atoms with van der Waals surface area (Å²) in [6.07, 6.45) is 0. The Kier molecular flexibility index (Phi) is 4.21. The van der Waals surface area contributed by atoms with Crippen LogP contribution in [0.1, 0.15) is 18.3 Å². The second-order valence-corrected chi connectivity index (χ2v) is 3.14. The second kappa shape index (κ2) is 5.66. The molecule has 16 heavy (non-hydrogen) atoms. The van der Waals surface area contributed by atoms with Crippen LogP contribution in [0.4, 0.5) is 5.95 Å². The number of anilines is 1. The summed E-state index contributed by atoms with van der Waals surface area (Å²) in [4.78, 5) is 19.1. The maximum atomic E-state index is 11.2. The Bertz CT molecular complexity index is 424. The first-order chi connectivity index (χ1) is 7.65. The van der Waals surface area contributed by atoms with E-state index in [2.05, 4.69) is 20.6 Å². The molecule has 0 aliphatic rings. The first-order valence-electron chi connectivity index (χ1n) is 4.92. The van der Waals surface area contributed by atoms with Gasteiger partial charge in [0.25, 0.3) is 0 Å². The Balaban J connectivity index is 2.64. The van der Waals surface area contributed by atoms with Gasteiger partial charge in [-0.25, -0.2) is 9.97 Å². The summed E-state index contributed by atoms with van der Waals surface area (Å²) in [5.41, 5.74) is 0.968. The summed E-state index contributed by atoms with van der Waals surface area (Å²) in [6, 6.07) is 3.51. The Morgan fingerprint density at radius 2 is 2.31 bits per heavy atom. The molecule has 1 aromatic heterocycles. The highest BCUT2D eigenvalue weighted by molar-refractivity contribution is 5.80. The fraction of sp³-hybridized carbons (Fsp3) is 0.400. The van der Waals surface area contributed by atoms with Crippen LogP contribution in [0.25, 0.3) is 0 Å². The molecule has 6 nitrogen and oxygen atoms in total. The van der Waals surface area contributed by atoms with Gasteiger partial charge < -0.3 is 10.6 Å². The number of rotatable bonds is 4. The molecule has 2 N–H and O–H groups in total. The summed E-state index contributed by atoms with van der Waals surface area (Å²) in [6.45, 7) is 4.29. The number of nitrogens with one attached hydrogen (secondary N) is 2. The number of aromatic nitrogens is 2. The zero-order chi connectivity index (χ0) is 12.0. The van der Waals surface area contributed by atoms with E-state index in [0.29, 0.717) is 18.2 Å². The molecule has 0 bridgehead atoms. The van der Waals surface area contributed by atoms with Crippen molar-refractivity contribution < 1.29 is 4.79 Å². The van der Waals surface area contributed by atoms with E-state index in [-0.39, 0.29) is 18.1 Å². The third-order valence-corrected chi connectivity index (χ3v) is 1.75. The van der Waals surface area contributed by atoms with Crippen LogP contribution >= 0.6 is 0 Å². The molecular weight excluding hydrogens is 206 g/mol. The van der Waals surface area contributed by atoms with E-state index < -0.39 is 0 Å². The number of likely N-dealkylation sites (N-methyl/N-ethyl adjacent to an activating group) is 1. The standard InChI is InChI=1S/C10H13N5O/c1-3-12-9(16)6-13-10-14-7(2)4-8(5-11)15-10/h4H,3,6H2,1-2H3,(H,12,16)(H,13,14,15). The number of amides is 1. The van der Waals surface area contributed by atoms with Crippen molar-refractivity contribution >= 4 is 11.9 Å². The fourth-order valence-electron chi connectivity index (χ4n) is 1.12. The van der Waals surface area contributed by atoms with E-state index in [1.54, 1.807) is 13.0 Å². The minimum atomic E-state index is -0.133. The molecule has 0 atom stereocenters. The highest BCUT2D eigenvalue weighted by atomic mass is 16.1. The lowest BCUT2D eigenvalue weighted by Crippen LogP contribution is -2.29. The average Bonchev–Trinajstić information content (AvgIpc) is 2.26. The molecule has 0 spiro atoms. The first kappa shape index (κ1) is 11.9. The predicted molar refractivity (Wildman–Crippen MR) is 58.7 cm³/mol. The molecule has 84 valence electrons. The van der Waals surface area contributed by atoms with Crippen LogP contribution in [0.2, 0.25) is 0 Å². The summed E-state index contributed by atoms with van der Waals surface area (Å²) < 4.78 is 0. The van der Waals surface area contributed by atoms with E-state index in [0.717, 1.165) is 0 Å². The van der Waals surface area contributed by atoms with Crippen LogP contribution < -0.4 is 10.6 Å². The molecule has 6 heteroatoms. The highest BCUT2D eigenvalue weighted by Gasteiger charge is 2.03. The third-order valence-electron chi connectivity index (χ3n) is 1.75. The van der Waals surface area contributed by atoms with Gasteiger partial charge in [0, 0.05) is 12.2 Å². The lowest BCUT2D eigenvalue weighted by atomic mass is 10.3. The van der Waals surface area contributed by atoms with Crippen LogP contribution in [0, 0.1) is 18.3 Å². The minimum Gasteiger partial charge on any atom is -0.355 e. The molecule has 1 aromatic rings. The van der Waals surface area contributed by atoms with Gasteiger partial charge in [-0.15, -0.1) is 0 Å². The molecule has 0 aromatic carbocycles. The van der Waals surface area contributed by atoms with Gasteiger partial charge in [0.2, 0.25) is 11.9 Å². The summed E-state index contributed by atoms with van der Waals surface area (Å²) in [7, 11) is 0. The van der Waals surface area contributed by atoms with Gasteiger partial charge in [-0.05, 0) is 19.9 Å². The number of aryl methyl sites for hydroxylation is 1. The van der Waals surface area contributed by atoms with Gasteiger partial charge in [0.1, 0.15) is 11.8 Å². The smallest absolute Gasteiger partial charge is 0.239 e. The van der Waals surface area contributed by atoms with Crippen LogP contribution in [-0.2, 0) is 4.79 Å². The van der Waals surface area contributed by atoms with Crippen molar-refractivity contribution in [3.05, 3.63) is 17.5 Å². The molecule has 0 fully saturated rings. The van der Waals surface area contributed by atoms with E-state index in [1.165, 1.54) is 0 Å². The Labute approximate surface area is 93.7 Å². The number of hydrogen-bond donors (Lipinski definition) is 2. The van der Waals surface area contributed by atoms with Crippen molar-refractivity contribution in [1.82, 2.24) is 15.3 Å². The molecule has 1 heterocycles. The quantitative estimate of drug-likeness (QED) is 0.755. The van der Waals surface area contributed by atoms with Gasteiger partial charge in [0.05, 0.1) is 6.54 Å². The molecule has 1 rings (SSSR count). The maximum Gasteiger partial charge on any atom is 0.239 e. The summed E-state index contributed by atoms with van der Waals surface area (Å²) in [5, 5.41) is 14.1. The van der Waals surface area contributed by atoms with Gasteiger partial charge in [0.15, 0.2) is 0 Å². The summed E-state index contributed by atoms with van der Waals surface area (Å²) >= 11 is 0. The Hall–Kier alpha value is -2.16. The average molecular weight is 219 g/mol. The molecule has 0 aliphatic carbocycles. The van der Waals surface area contributed by atoms with Crippen LogP contribution in [0.5, 0.6) is 0 Å². The van der Waals surface area contributed by atoms with Crippen molar-refractivity contribution in [1.29, 1.82) is 5.26 Å². The molecule has 0 unspecified atom stereocenters. The van der Waals surface area contributed by atoms with Crippen molar-refractivity contribution in [2.24, 2.45) is 0 Å². The zero-order valence-electron chi connectivity index (χ0n) is 9.24. The molecular formula is C10H13N5O. The lowest BCUT2D eigenvalue weighted by molar-refractivity contribution is -0.119. The molecule has 0 saturated heterocycles. The van der Waals surface area contributed by atoms with Crippen LogP contribution in [0.3, 0.4) is 0 Å². The first-order valence-corrected chi connectivity index (χ1v) is 4.92. The van der Waals surface area contributed by atoms with Crippen molar-refractivity contribution in [2.75, 3.05) is 18.4 Å². The van der Waals surface area contributed by atoms with Crippen molar-refractivity contribution in [3.8, 4) is 6.07 Å². The number of nitriles is 1. The van der Waals surface area contributed by atoms with Crippen LogP contribution in [0.15, 0.2) is 6.07 Å². The van der Waals surface area contributed by atoms with Gasteiger partial charge in [-0.2, -0.15) is 5.26 Å². The van der Waals surface area contributed by atoms with Gasteiger partial charge in [-0.3, -0.25) is 4.79 Å². The number of carbonyl (C=O) groups is 1. The van der Waals surface area contributed by atoms with Crippen molar-refractivity contribution in [2.45, 2.75) is 13.8 Å². The van der Waals surface area contributed by atoms with Crippen LogP contribution in [-0.4, -0.2) is 29.0 Å². The maximum absolute atomic E-state index is 11.2. The normalized spacial score (nSPS) is 9.31. The predicted octanol–water partition coefficient (Wildman–Crippen LogP) is 0.205. The largest absolute Gasteiger partial charge is 0.355 e.